The lowest BCUT2D eigenvalue weighted by atomic mass is 9.93. The van der Waals surface area contributed by atoms with Crippen molar-refractivity contribution in [1.82, 2.24) is 10.3 Å². The van der Waals surface area contributed by atoms with Crippen LogP contribution in [0.2, 0.25) is 0 Å². The number of nitrogens with one attached hydrogen (secondary N) is 1. The zero-order valence-corrected chi connectivity index (χ0v) is 15.0. The second-order valence-electron chi connectivity index (χ2n) is 5.59. The fraction of sp³-hybridized carbons (Fsp3) is 0.222. The Morgan fingerprint density at radius 2 is 2.04 bits per heavy atom. The Labute approximate surface area is 149 Å². The molecule has 0 saturated heterocycles. The molecule has 5 nitrogen and oxygen atoms in total. The monoisotopic (exact) mass is 386 g/mol. The van der Waals surface area contributed by atoms with Gasteiger partial charge in [-0.3, -0.25) is 10.2 Å². The van der Waals surface area contributed by atoms with E-state index in [1.165, 1.54) is 0 Å². The number of carbonyl (C=O) groups is 1. The van der Waals surface area contributed by atoms with Gasteiger partial charge in [0.05, 0.1) is 11.7 Å². The van der Waals surface area contributed by atoms with Gasteiger partial charge in [0.25, 0.3) is 5.91 Å². The Balaban J connectivity index is 2.16. The van der Waals surface area contributed by atoms with Crippen molar-refractivity contribution in [2.45, 2.75) is 19.4 Å². The second kappa shape index (κ2) is 7.15. The average Bonchev–Trinajstić information content (AvgIpc) is 2.61. The van der Waals surface area contributed by atoms with Crippen LogP contribution >= 0.6 is 15.9 Å². The zero-order valence-electron chi connectivity index (χ0n) is 13.4. The number of benzene rings is 2. The highest BCUT2D eigenvalue weighted by atomic mass is 79.9. The topological polar surface area (TPSA) is 70.7 Å². The van der Waals surface area contributed by atoms with Crippen LogP contribution in [0.3, 0.4) is 0 Å². The van der Waals surface area contributed by atoms with Crippen LogP contribution in [-0.2, 0) is 4.79 Å². The fourth-order valence-electron chi connectivity index (χ4n) is 3.03. The van der Waals surface area contributed by atoms with Gasteiger partial charge in [0, 0.05) is 16.5 Å². The second-order valence-corrected chi connectivity index (χ2v) is 6.51. The van der Waals surface area contributed by atoms with E-state index in [1.807, 2.05) is 42.2 Å². The van der Waals surface area contributed by atoms with Crippen LogP contribution < -0.4 is 11.3 Å². The molecule has 0 unspecified atom stereocenters. The first-order chi connectivity index (χ1) is 11.6. The molecule has 24 heavy (non-hydrogen) atoms. The summed E-state index contributed by atoms with van der Waals surface area (Å²) >= 11 is 3.54. The van der Waals surface area contributed by atoms with E-state index >= 15 is 0 Å². The molecule has 0 aliphatic carbocycles. The van der Waals surface area contributed by atoms with Crippen LogP contribution in [0.4, 0.5) is 5.69 Å². The highest BCUT2D eigenvalue weighted by Crippen LogP contribution is 2.40. The van der Waals surface area contributed by atoms with Crippen molar-refractivity contribution >= 4 is 33.4 Å². The first kappa shape index (κ1) is 16.7. The number of hydrazine groups is 1. The van der Waals surface area contributed by atoms with E-state index in [0.29, 0.717) is 0 Å². The summed E-state index contributed by atoms with van der Waals surface area (Å²) in [6.45, 7) is 2.20. The summed E-state index contributed by atoms with van der Waals surface area (Å²) in [6, 6.07) is 16.1. The van der Waals surface area contributed by atoms with Crippen LogP contribution in [-0.4, -0.2) is 23.2 Å². The third kappa shape index (κ3) is 3.20. The van der Waals surface area contributed by atoms with Crippen molar-refractivity contribution in [3.8, 4) is 0 Å². The third-order valence-electron chi connectivity index (χ3n) is 4.08. The Kier molecular flexibility index (Phi) is 4.97. The quantitative estimate of drug-likeness (QED) is 0.481. The van der Waals surface area contributed by atoms with Gasteiger partial charge in [-0.1, -0.05) is 53.2 Å². The predicted octanol–water partition coefficient (Wildman–Crippen LogP) is 3.28. The maximum Gasteiger partial charge on any atom is 0.253 e. The predicted molar refractivity (Wildman–Crippen MR) is 98.8 cm³/mol. The van der Waals surface area contributed by atoms with E-state index in [9.17, 15) is 4.79 Å². The molecule has 124 valence electrons. The number of nitrogens with two attached hydrogens (primary N) is 1. The van der Waals surface area contributed by atoms with Gasteiger partial charge in [-0.05, 0) is 23.8 Å². The number of amidine groups is 1. The molecule has 1 heterocycles. The molecular formula is C18H19BrN4O. The van der Waals surface area contributed by atoms with Crippen LogP contribution in [0.1, 0.15) is 30.5 Å². The molecule has 3 rings (SSSR count). The van der Waals surface area contributed by atoms with Gasteiger partial charge in [-0.25, -0.2) is 10.8 Å². The Hall–Kier alpha value is -2.18. The number of amides is 1. The minimum atomic E-state index is -0.240. The van der Waals surface area contributed by atoms with Gasteiger partial charge in [-0.15, -0.1) is 0 Å². The summed E-state index contributed by atoms with van der Waals surface area (Å²) in [5.74, 6) is 5.94. The standard InChI is InChI=1S/C18H19BrN4O/c1-2-16-21-15-9-8-13(19)10-14(15)18(12-6-4-3-5-7-12)23(16)11-17(24)22-20/h3-10,18H,2,11,20H2,1H3,(H,22,24)/t18-/m1/s1. The summed E-state index contributed by atoms with van der Waals surface area (Å²) < 4.78 is 0.987. The molecule has 1 amide bonds. The molecule has 0 bridgehead atoms. The van der Waals surface area contributed by atoms with Gasteiger partial charge < -0.3 is 4.90 Å². The normalized spacial score (nSPS) is 16.4. The number of rotatable bonds is 4. The van der Waals surface area contributed by atoms with Crippen molar-refractivity contribution < 1.29 is 4.79 Å². The number of nitrogens with zero attached hydrogens (tertiary/aromatic N) is 2. The number of halogens is 1. The van der Waals surface area contributed by atoms with Crippen molar-refractivity contribution in [2.75, 3.05) is 6.54 Å². The maximum absolute atomic E-state index is 12.0. The summed E-state index contributed by atoms with van der Waals surface area (Å²) in [6.07, 6.45) is 0.733. The Morgan fingerprint density at radius 3 is 2.71 bits per heavy atom. The number of fused-ring (bicyclic) bond motifs is 1. The van der Waals surface area contributed by atoms with E-state index in [0.717, 1.165) is 33.5 Å². The molecule has 1 atom stereocenters. The average molecular weight is 387 g/mol. The Morgan fingerprint density at radius 1 is 1.29 bits per heavy atom. The smallest absolute Gasteiger partial charge is 0.253 e. The maximum atomic E-state index is 12.0. The van der Waals surface area contributed by atoms with Crippen molar-refractivity contribution in [1.29, 1.82) is 0 Å². The lowest BCUT2D eigenvalue weighted by Crippen LogP contribution is -2.45. The van der Waals surface area contributed by atoms with Crippen molar-refractivity contribution in [3.05, 3.63) is 64.1 Å². The van der Waals surface area contributed by atoms with Crippen molar-refractivity contribution in [2.24, 2.45) is 10.8 Å². The van der Waals surface area contributed by atoms with E-state index < -0.39 is 0 Å². The number of hydrogen-bond donors (Lipinski definition) is 2. The molecule has 0 spiro atoms. The fourth-order valence-corrected chi connectivity index (χ4v) is 3.41. The molecule has 2 aromatic rings. The van der Waals surface area contributed by atoms with Gasteiger partial charge in [-0.2, -0.15) is 0 Å². The molecule has 2 aromatic carbocycles. The van der Waals surface area contributed by atoms with Gasteiger partial charge in [0.15, 0.2) is 0 Å². The molecule has 1 aliphatic heterocycles. The zero-order chi connectivity index (χ0) is 17.1. The molecule has 0 fully saturated rings. The van der Waals surface area contributed by atoms with Crippen LogP contribution in [0.5, 0.6) is 0 Å². The lowest BCUT2D eigenvalue weighted by molar-refractivity contribution is -0.121. The highest BCUT2D eigenvalue weighted by molar-refractivity contribution is 9.10. The summed E-state index contributed by atoms with van der Waals surface area (Å²) in [5.41, 5.74) is 5.34. The molecule has 3 N–H and O–H groups in total. The lowest BCUT2D eigenvalue weighted by Gasteiger charge is -2.38. The number of hydrogen-bond acceptors (Lipinski definition) is 4. The van der Waals surface area contributed by atoms with Gasteiger partial charge in [0.1, 0.15) is 12.4 Å². The first-order valence-electron chi connectivity index (χ1n) is 7.82. The molecule has 6 heteroatoms. The Bertz CT molecular complexity index is 776. The first-order valence-corrected chi connectivity index (χ1v) is 8.61. The van der Waals surface area contributed by atoms with Crippen LogP contribution in [0, 0.1) is 0 Å². The molecule has 1 aliphatic rings. The molecule has 0 aromatic heterocycles. The van der Waals surface area contributed by atoms with Gasteiger partial charge >= 0.3 is 0 Å². The number of carbonyl (C=O) groups excluding carboxylic acids is 1. The van der Waals surface area contributed by atoms with E-state index in [4.69, 9.17) is 10.8 Å². The molecular weight excluding hydrogens is 368 g/mol. The van der Waals surface area contributed by atoms with Crippen molar-refractivity contribution in [3.63, 3.8) is 0 Å². The number of aliphatic imine (C=N–C) groups is 1. The molecule has 0 saturated carbocycles. The summed E-state index contributed by atoms with van der Waals surface area (Å²) in [5, 5.41) is 0. The largest absolute Gasteiger partial charge is 0.339 e. The minimum absolute atomic E-state index is 0.0801. The third-order valence-corrected chi connectivity index (χ3v) is 4.58. The molecule has 0 radical (unpaired) electrons. The van der Waals surface area contributed by atoms with E-state index in [2.05, 4.69) is 39.6 Å². The minimum Gasteiger partial charge on any atom is -0.339 e. The summed E-state index contributed by atoms with van der Waals surface area (Å²) in [7, 11) is 0. The van der Waals surface area contributed by atoms with Gasteiger partial charge in [0.2, 0.25) is 0 Å². The van der Waals surface area contributed by atoms with Crippen LogP contribution in [0.15, 0.2) is 58.0 Å². The highest BCUT2D eigenvalue weighted by Gasteiger charge is 2.31. The van der Waals surface area contributed by atoms with E-state index in [-0.39, 0.29) is 18.5 Å². The summed E-state index contributed by atoms with van der Waals surface area (Å²) in [4.78, 5) is 18.7. The van der Waals surface area contributed by atoms with Crippen LogP contribution in [0.25, 0.3) is 0 Å². The van der Waals surface area contributed by atoms with E-state index in [1.54, 1.807) is 0 Å². The SMILES string of the molecule is CCC1=Nc2ccc(Br)cc2[C@@H](c2ccccc2)N1CC(=O)NN.